The standard InChI is InChI=1S/C22H24Cl2N2.C9H8F3NO/c1-21(2,3)12-20-22(14-25,16-7-9-17(23)10-8-16)19(13-26-20)15-5-4-6-18(24)11-15;10-9(11,12)8-3-1-2-7(4-8)5-13-6-14/h4-11,19-20,26H,12-13H2,1-3H3;1-4,6H,5H2,(H,13,14)/t19?,20?,22-;/m1./s1. The highest BCUT2D eigenvalue weighted by atomic mass is 35.5. The van der Waals surface area contributed by atoms with Gasteiger partial charge in [0, 0.05) is 35.1 Å². The van der Waals surface area contributed by atoms with E-state index in [4.69, 9.17) is 23.2 Å². The van der Waals surface area contributed by atoms with Crippen LogP contribution in [-0.2, 0) is 22.9 Å². The minimum absolute atomic E-state index is 0.0275. The van der Waals surface area contributed by atoms with Crippen molar-refractivity contribution in [3.63, 3.8) is 0 Å². The fraction of sp³-hybridized carbons (Fsp3) is 0.355. The van der Waals surface area contributed by atoms with E-state index in [0.717, 1.165) is 36.2 Å². The van der Waals surface area contributed by atoms with Crippen LogP contribution < -0.4 is 10.6 Å². The number of alkyl halides is 3. The van der Waals surface area contributed by atoms with Crippen LogP contribution in [0.15, 0.2) is 72.8 Å². The van der Waals surface area contributed by atoms with Gasteiger partial charge in [0.15, 0.2) is 0 Å². The van der Waals surface area contributed by atoms with Crippen molar-refractivity contribution in [2.75, 3.05) is 6.54 Å². The van der Waals surface area contributed by atoms with Crippen molar-refractivity contribution in [2.24, 2.45) is 5.41 Å². The highest BCUT2D eigenvalue weighted by Crippen LogP contribution is 2.48. The highest BCUT2D eigenvalue weighted by molar-refractivity contribution is 6.30. The molecule has 4 nitrogen and oxygen atoms in total. The van der Waals surface area contributed by atoms with Gasteiger partial charge in [-0.2, -0.15) is 18.4 Å². The Labute approximate surface area is 243 Å². The van der Waals surface area contributed by atoms with Gasteiger partial charge in [0.05, 0.1) is 11.6 Å². The Morgan fingerprint density at radius 1 is 1.02 bits per heavy atom. The van der Waals surface area contributed by atoms with Crippen molar-refractivity contribution in [3.8, 4) is 6.07 Å². The fourth-order valence-electron chi connectivity index (χ4n) is 5.14. The third-order valence-corrected chi connectivity index (χ3v) is 7.37. The molecule has 1 amide bonds. The molecule has 0 saturated carbocycles. The zero-order chi connectivity index (χ0) is 29.6. The van der Waals surface area contributed by atoms with E-state index in [2.05, 4.69) is 43.5 Å². The minimum atomic E-state index is -4.34. The Bertz CT molecular complexity index is 1330. The van der Waals surface area contributed by atoms with Crippen molar-refractivity contribution in [1.82, 2.24) is 10.6 Å². The van der Waals surface area contributed by atoms with Gasteiger partial charge in [-0.05, 0) is 64.9 Å². The molecule has 1 aliphatic rings. The lowest BCUT2D eigenvalue weighted by atomic mass is 9.64. The molecule has 0 aliphatic carbocycles. The highest BCUT2D eigenvalue weighted by Gasteiger charge is 2.53. The quantitative estimate of drug-likeness (QED) is 0.287. The summed E-state index contributed by atoms with van der Waals surface area (Å²) >= 11 is 12.4. The predicted octanol–water partition coefficient (Wildman–Crippen LogP) is 7.90. The maximum atomic E-state index is 12.2. The monoisotopic (exact) mass is 589 g/mol. The molecule has 40 heavy (non-hydrogen) atoms. The van der Waals surface area contributed by atoms with Crippen LogP contribution >= 0.6 is 23.2 Å². The second-order valence-corrected chi connectivity index (χ2v) is 11.9. The molecule has 0 radical (unpaired) electrons. The number of carbonyl (C=O) groups is 1. The molecule has 212 valence electrons. The SMILES string of the molecule is CC(C)(C)CC1NCC(c2cccc(Cl)c2)[C@@]1(C#N)c1ccc(Cl)cc1.O=CNCc1cccc(C(F)(F)F)c1. The van der Waals surface area contributed by atoms with Crippen LogP contribution in [0.1, 0.15) is 55.4 Å². The van der Waals surface area contributed by atoms with Gasteiger partial charge in [0.2, 0.25) is 6.41 Å². The van der Waals surface area contributed by atoms with Gasteiger partial charge in [-0.15, -0.1) is 0 Å². The number of halogens is 5. The lowest BCUT2D eigenvalue weighted by Gasteiger charge is -2.37. The Morgan fingerprint density at radius 3 is 2.27 bits per heavy atom. The maximum Gasteiger partial charge on any atom is 0.416 e. The third kappa shape index (κ3) is 7.78. The first-order valence-electron chi connectivity index (χ1n) is 12.8. The van der Waals surface area contributed by atoms with Crippen molar-refractivity contribution >= 4 is 29.6 Å². The Morgan fingerprint density at radius 2 is 1.70 bits per heavy atom. The molecule has 9 heteroatoms. The predicted molar refractivity (Wildman–Crippen MR) is 153 cm³/mol. The lowest BCUT2D eigenvalue weighted by molar-refractivity contribution is -0.137. The molecule has 0 spiro atoms. The van der Waals surface area contributed by atoms with E-state index in [1.807, 2.05) is 42.5 Å². The number of nitrogens with one attached hydrogen (secondary N) is 2. The van der Waals surface area contributed by atoms with Crippen LogP contribution in [-0.4, -0.2) is 19.0 Å². The van der Waals surface area contributed by atoms with E-state index in [0.29, 0.717) is 22.0 Å². The smallest absolute Gasteiger partial charge is 0.355 e. The molecule has 2 N–H and O–H groups in total. The Balaban J connectivity index is 0.000000267. The van der Waals surface area contributed by atoms with Gasteiger partial charge >= 0.3 is 6.18 Å². The van der Waals surface area contributed by atoms with E-state index in [-0.39, 0.29) is 23.9 Å². The molecule has 1 saturated heterocycles. The average Bonchev–Trinajstić information content (AvgIpc) is 3.25. The fourth-order valence-corrected chi connectivity index (χ4v) is 5.46. The maximum absolute atomic E-state index is 12.2. The molecule has 3 aromatic rings. The van der Waals surface area contributed by atoms with E-state index in [9.17, 15) is 23.2 Å². The summed E-state index contributed by atoms with van der Waals surface area (Å²) in [4.78, 5) is 9.93. The van der Waals surface area contributed by atoms with Crippen LogP contribution in [0.25, 0.3) is 0 Å². The summed E-state index contributed by atoms with van der Waals surface area (Å²) in [7, 11) is 0. The summed E-state index contributed by atoms with van der Waals surface area (Å²) in [5.41, 5.74) is 1.26. The Kier molecular flexibility index (Phi) is 10.3. The molecule has 4 rings (SSSR count). The van der Waals surface area contributed by atoms with Crippen molar-refractivity contribution in [3.05, 3.63) is 105 Å². The normalized spacial score (nSPS) is 20.7. The summed E-state index contributed by atoms with van der Waals surface area (Å²) in [5.74, 6) is 0.0275. The molecule has 3 aromatic carbocycles. The molecule has 0 aromatic heterocycles. The van der Waals surface area contributed by atoms with Crippen LogP contribution in [0.3, 0.4) is 0 Å². The molecule has 1 fully saturated rings. The number of carbonyl (C=O) groups excluding carboxylic acids is 1. The van der Waals surface area contributed by atoms with E-state index < -0.39 is 17.2 Å². The number of hydrogen-bond donors (Lipinski definition) is 2. The number of benzene rings is 3. The largest absolute Gasteiger partial charge is 0.416 e. The van der Waals surface area contributed by atoms with E-state index in [1.165, 1.54) is 12.1 Å². The number of nitriles is 1. The van der Waals surface area contributed by atoms with Crippen molar-refractivity contribution < 1.29 is 18.0 Å². The first-order chi connectivity index (χ1) is 18.8. The zero-order valence-corrected chi connectivity index (χ0v) is 24.0. The molecular weight excluding hydrogens is 558 g/mol. The van der Waals surface area contributed by atoms with Gasteiger partial charge in [0.25, 0.3) is 0 Å². The second kappa shape index (κ2) is 13.1. The molecule has 0 bridgehead atoms. The van der Waals surface area contributed by atoms with Crippen LogP contribution in [0.4, 0.5) is 13.2 Å². The van der Waals surface area contributed by atoms with Crippen molar-refractivity contribution in [1.29, 1.82) is 5.26 Å². The van der Waals surface area contributed by atoms with Crippen molar-refractivity contribution in [2.45, 2.75) is 57.3 Å². The summed E-state index contributed by atoms with van der Waals surface area (Å²) < 4.78 is 36.6. The lowest BCUT2D eigenvalue weighted by Crippen LogP contribution is -2.44. The van der Waals surface area contributed by atoms with Crippen LogP contribution in [0.2, 0.25) is 10.0 Å². The molecule has 2 unspecified atom stereocenters. The first kappa shape index (κ1) is 31.5. The minimum Gasteiger partial charge on any atom is -0.355 e. The van der Waals surface area contributed by atoms with Gasteiger partial charge in [-0.1, -0.05) is 80.4 Å². The van der Waals surface area contributed by atoms with Crippen LogP contribution in [0, 0.1) is 16.7 Å². The number of rotatable bonds is 6. The number of nitrogens with zero attached hydrogens (tertiary/aromatic N) is 1. The van der Waals surface area contributed by atoms with Gasteiger partial charge in [-0.25, -0.2) is 0 Å². The topological polar surface area (TPSA) is 64.9 Å². The average molecular weight is 591 g/mol. The number of hydrogen-bond acceptors (Lipinski definition) is 3. The molecule has 1 heterocycles. The summed E-state index contributed by atoms with van der Waals surface area (Å²) in [5, 5.41) is 17.8. The van der Waals surface area contributed by atoms with Gasteiger partial charge in [0.1, 0.15) is 5.41 Å². The third-order valence-electron chi connectivity index (χ3n) is 6.89. The summed E-state index contributed by atoms with van der Waals surface area (Å²) in [6, 6.07) is 23.2. The number of amides is 1. The van der Waals surface area contributed by atoms with E-state index >= 15 is 0 Å². The van der Waals surface area contributed by atoms with Gasteiger partial charge < -0.3 is 10.6 Å². The second-order valence-electron chi connectivity index (χ2n) is 11.0. The molecule has 3 atom stereocenters. The zero-order valence-electron chi connectivity index (χ0n) is 22.5. The van der Waals surface area contributed by atoms with Gasteiger partial charge in [-0.3, -0.25) is 4.79 Å². The van der Waals surface area contributed by atoms with Crippen LogP contribution in [0.5, 0.6) is 0 Å². The summed E-state index contributed by atoms with van der Waals surface area (Å²) in [6.07, 6.45) is -2.99. The Hall–Kier alpha value is -3.05. The molecule has 1 aliphatic heterocycles. The molecular formula is C31H32Cl2F3N3O. The summed E-state index contributed by atoms with van der Waals surface area (Å²) in [6.45, 7) is 7.49. The van der Waals surface area contributed by atoms with E-state index in [1.54, 1.807) is 0 Å². The first-order valence-corrected chi connectivity index (χ1v) is 13.5.